The predicted octanol–water partition coefficient (Wildman–Crippen LogP) is 3.14. The van der Waals surface area contributed by atoms with E-state index in [0.29, 0.717) is 12.5 Å². The minimum Gasteiger partial charge on any atom is -0.373 e. The van der Waals surface area contributed by atoms with Crippen LogP contribution < -0.4 is 5.73 Å². The number of nitrogens with two attached hydrogens (primary N) is 1. The normalized spacial score (nSPS) is 25.8. The average molecular weight is 291 g/mol. The van der Waals surface area contributed by atoms with Crippen LogP contribution in [0.1, 0.15) is 18.1 Å². The third-order valence-corrected chi connectivity index (χ3v) is 4.02. The molecule has 82 valence electrons. The molecule has 1 aromatic carbocycles. The molecule has 15 heavy (non-hydrogen) atoms. The van der Waals surface area contributed by atoms with Crippen molar-refractivity contribution in [3.8, 4) is 0 Å². The average Bonchev–Trinajstić information content (AvgIpc) is 2.70. The van der Waals surface area contributed by atoms with Gasteiger partial charge in [0.05, 0.1) is 11.1 Å². The highest BCUT2D eigenvalue weighted by Gasteiger charge is 2.28. The van der Waals surface area contributed by atoms with E-state index in [1.165, 1.54) is 0 Å². The summed E-state index contributed by atoms with van der Waals surface area (Å²) in [6.45, 7) is 1.46. The third kappa shape index (κ3) is 2.36. The molecule has 1 aromatic rings. The Labute approximate surface area is 103 Å². The van der Waals surface area contributed by atoms with E-state index in [1.807, 2.05) is 18.2 Å². The fourth-order valence-electron chi connectivity index (χ4n) is 1.93. The van der Waals surface area contributed by atoms with Crippen LogP contribution in [-0.2, 0) is 4.74 Å². The zero-order valence-electron chi connectivity index (χ0n) is 8.25. The molecule has 2 atom stereocenters. The lowest BCUT2D eigenvalue weighted by atomic mass is 9.96. The number of halogens is 2. The van der Waals surface area contributed by atoms with E-state index in [1.54, 1.807) is 0 Å². The van der Waals surface area contributed by atoms with Crippen LogP contribution in [-0.4, -0.2) is 13.2 Å². The topological polar surface area (TPSA) is 35.2 Å². The van der Waals surface area contributed by atoms with Crippen molar-refractivity contribution in [2.24, 2.45) is 11.7 Å². The number of benzene rings is 1. The molecule has 0 saturated carbocycles. The zero-order valence-corrected chi connectivity index (χ0v) is 10.6. The maximum atomic E-state index is 6.05. The van der Waals surface area contributed by atoms with Gasteiger partial charge in [0.2, 0.25) is 0 Å². The van der Waals surface area contributed by atoms with Crippen molar-refractivity contribution < 1.29 is 4.74 Å². The van der Waals surface area contributed by atoms with Crippen LogP contribution in [0.2, 0.25) is 5.02 Å². The van der Waals surface area contributed by atoms with Crippen LogP contribution in [0.25, 0.3) is 0 Å². The highest BCUT2D eigenvalue weighted by molar-refractivity contribution is 9.10. The van der Waals surface area contributed by atoms with Crippen molar-refractivity contribution in [3.63, 3.8) is 0 Å². The van der Waals surface area contributed by atoms with Crippen LogP contribution in [0.4, 0.5) is 0 Å². The summed E-state index contributed by atoms with van der Waals surface area (Å²) >= 11 is 9.42. The molecule has 0 radical (unpaired) electrons. The molecule has 2 nitrogen and oxygen atoms in total. The molecule has 1 heterocycles. The SMILES string of the molecule is NCC1CCOC1c1ccc(Br)c(Cl)c1. The van der Waals surface area contributed by atoms with E-state index in [4.69, 9.17) is 22.1 Å². The monoisotopic (exact) mass is 289 g/mol. The lowest BCUT2D eigenvalue weighted by molar-refractivity contribution is 0.0925. The standard InChI is InChI=1S/C11H13BrClNO/c12-9-2-1-7(5-10(9)13)11-8(6-14)3-4-15-11/h1-2,5,8,11H,3-4,6,14H2. The third-order valence-electron chi connectivity index (χ3n) is 2.79. The molecule has 1 aliphatic heterocycles. The van der Waals surface area contributed by atoms with Gasteiger partial charge < -0.3 is 10.5 Å². The summed E-state index contributed by atoms with van der Waals surface area (Å²) in [6.07, 6.45) is 1.15. The number of rotatable bonds is 2. The smallest absolute Gasteiger partial charge is 0.0866 e. The first-order valence-corrected chi connectivity index (χ1v) is 6.16. The molecule has 0 aromatic heterocycles. The Balaban J connectivity index is 2.25. The summed E-state index contributed by atoms with van der Waals surface area (Å²) in [5.41, 5.74) is 6.83. The van der Waals surface area contributed by atoms with E-state index in [0.717, 1.165) is 28.1 Å². The molecule has 2 unspecified atom stereocenters. The van der Waals surface area contributed by atoms with E-state index in [2.05, 4.69) is 15.9 Å². The van der Waals surface area contributed by atoms with Crippen molar-refractivity contribution in [3.05, 3.63) is 33.3 Å². The van der Waals surface area contributed by atoms with Gasteiger partial charge in [-0.1, -0.05) is 17.7 Å². The largest absolute Gasteiger partial charge is 0.373 e. The summed E-state index contributed by atoms with van der Waals surface area (Å²) in [5.74, 6) is 0.419. The fraction of sp³-hybridized carbons (Fsp3) is 0.455. The van der Waals surface area contributed by atoms with Crippen molar-refractivity contribution in [1.82, 2.24) is 0 Å². The second kappa shape index (κ2) is 4.83. The Hall–Kier alpha value is -0.0900. The molecular formula is C11H13BrClNO. The number of hydrogen-bond acceptors (Lipinski definition) is 2. The molecule has 2 N–H and O–H groups in total. The van der Waals surface area contributed by atoms with Crippen LogP contribution in [0, 0.1) is 5.92 Å². The molecule has 0 spiro atoms. The minimum absolute atomic E-state index is 0.112. The Morgan fingerprint density at radius 1 is 1.53 bits per heavy atom. The minimum atomic E-state index is 0.112. The van der Waals surface area contributed by atoms with Gasteiger partial charge in [0.15, 0.2) is 0 Å². The zero-order chi connectivity index (χ0) is 10.8. The molecule has 1 saturated heterocycles. The summed E-state index contributed by atoms with van der Waals surface area (Å²) in [4.78, 5) is 0. The maximum absolute atomic E-state index is 6.05. The molecule has 1 aliphatic rings. The van der Waals surface area contributed by atoms with Gasteiger partial charge in [-0.25, -0.2) is 0 Å². The van der Waals surface area contributed by atoms with Gasteiger partial charge in [-0.15, -0.1) is 0 Å². The highest BCUT2D eigenvalue weighted by atomic mass is 79.9. The second-order valence-corrected chi connectivity index (χ2v) is 5.01. The molecular weight excluding hydrogens is 277 g/mol. The molecule has 4 heteroatoms. The molecule has 1 fully saturated rings. The maximum Gasteiger partial charge on any atom is 0.0866 e. The molecule has 0 aliphatic carbocycles. The van der Waals surface area contributed by atoms with Gasteiger partial charge in [0.1, 0.15) is 0 Å². The Morgan fingerprint density at radius 2 is 2.33 bits per heavy atom. The van der Waals surface area contributed by atoms with Crippen molar-refractivity contribution in [2.75, 3.05) is 13.2 Å². The van der Waals surface area contributed by atoms with Crippen molar-refractivity contribution >= 4 is 27.5 Å². The first-order chi connectivity index (χ1) is 7.22. The number of hydrogen-bond donors (Lipinski definition) is 1. The van der Waals surface area contributed by atoms with Crippen LogP contribution in [0.5, 0.6) is 0 Å². The van der Waals surface area contributed by atoms with Gasteiger partial charge in [-0.3, -0.25) is 0 Å². The van der Waals surface area contributed by atoms with Gasteiger partial charge in [0.25, 0.3) is 0 Å². The molecule has 0 bridgehead atoms. The highest BCUT2D eigenvalue weighted by Crippen LogP contribution is 2.36. The van der Waals surface area contributed by atoms with E-state index < -0.39 is 0 Å². The van der Waals surface area contributed by atoms with E-state index in [-0.39, 0.29) is 6.10 Å². The summed E-state index contributed by atoms with van der Waals surface area (Å²) < 4.78 is 6.60. The van der Waals surface area contributed by atoms with Gasteiger partial charge >= 0.3 is 0 Å². The predicted molar refractivity (Wildman–Crippen MR) is 65.0 cm³/mol. The lowest BCUT2D eigenvalue weighted by Crippen LogP contribution is -2.17. The molecule has 0 amide bonds. The van der Waals surface area contributed by atoms with Crippen LogP contribution in [0.15, 0.2) is 22.7 Å². The van der Waals surface area contributed by atoms with E-state index in [9.17, 15) is 0 Å². The van der Waals surface area contributed by atoms with Crippen molar-refractivity contribution in [1.29, 1.82) is 0 Å². The first kappa shape index (κ1) is 11.4. The number of ether oxygens (including phenoxy) is 1. The van der Waals surface area contributed by atoms with Crippen LogP contribution in [0.3, 0.4) is 0 Å². The Kier molecular flexibility index (Phi) is 3.67. The summed E-state index contributed by atoms with van der Waals surface area (Å²) in [5, 5.41) is 0.721. The Bertz CT molecular complexity index is 358. The van der Waals surface area contributed by atoms with Gasteiger partial charge in [0, 0.05) is 17.0 Å². The lowest BCUT2D eigenvalue weighted by Gasteiger charge is -2.17. The van der Waals surface area contributed by atoms with Gasteiger partial charge in [-0.2, -0.15) is 0 Å². The second-order valence-electron chi connectivity index (χ2n) is 3.75. The Morgan fingerprint density at radius 3 is 3.00 bits per heavy atom. The van der Waals surface area contributed by atoms with Crippen molar-refractivity contribution in [2.45, 2.75) is 12.5 Å². The van der Waals surface area contributed by atoms with E-state index >= 15 is 0 Å². The van der Waals surface area contributed by atoms with Crippen LogP contribution >= 0.6 is 27.5 Å². The quantitative estimate of drug-likeness (QED) is 0.908. The first-order valence-electron chi connectivity index (χ1n) is 4.99. The molecule has 2 rings (SSSR count). The summed E-state index contributed by atoms with van der Waals surface area (Å²) in [7, 11) is 0. The van der Waals surface area contributed by atoms with Gasteiger partial charge in [-0.05, 0) is 46.6 Å². The fourth-order valence-corrected chi connectivity index (χ4v) is 2.37. The summed E-state index contributed by atoms with van der Waals surface area (Å²) in [6, 6.07) is 5.94.